The number of anilines is 1. The fraction of sp³-hybridized carbons (Fsp3) is 0.185. The van der Waals surface area contributed by atoms with Crippen LogP contribution in [0, 0.1) is 0 Å². The van der Waals surface area contributed by atoms with Crippen LogP contribution in [0.1, 0.15) is 39.9 Å². The van der Waals surface area contributed by atoms with Crippen LogP contribution in [0.25, 0.3) is 16.6 Å². The van der Waals surface area contributed by atoms with Crippen molar-refractivity contribution >= 4 is 63.2 Å². The number of hydrogen-bond donors (Lipinski definition) is 2. The van der Waals surface area contributed by atoms with Gasteiger partial charge in [0.25, 0.3) is 11.8 Å². The molecule has 1 aliphatic rings. The first-order valence-electron chi connectivity index (χ1n) is 12.0. The van der Waals surface area contributed by atoms with Crippen LogP contribution in [0.4, 0.5) is 18.9 Å². The molecule has 0 saturated carbocycles. The number of fused-ring (bicyclic) bond motifs is 1. The number of nitrogens with one attached hydrogen (secondary N) is 2. The van der Waals surface area contributed by atoms with Crippen LogP contribution in [0.15, 0.2) is 65.7 Å². The predicted molar refractivity (Wildman–Crippen MR) is 150 cm³/mol. The van der Waals surface area contributed by atoms with Crippen molar-refractivity contribution in [3.05, 3.63) is 92.7 Å². The zero-order chi connectivity index (χ0) is 28.6. The maximum atomic E-state index is 13.6. The minimum atomic E-state index is -4.85. The lowest BCUT2D eigenvalue weighted by Crippen LogP contribution is -2.34. The summed E-state index contributed by atoms with van der Waals surface area (Å²) in [6.45, 7) is 1.85. The van der Waals surface area contributed by atoms with E-state index in [-0.39, 0.29) is 33.2 Å². The number of aromatic nitrogens is 3. The van der Waals surface area contributed by atoms with Gasteiger partial charge in [-0.25, -0.2) is 9.67 Å². The number of rotatable bonds is 6. The Labute approximate surface area is 240 Å². The summed E-state index contributed by atoms with van der Waals surface area (Å²) in [6, 6.07) is 11.7. The van der Waals surface area contributed by atoms with Crippen molar-refractivity contribution < 1.29 is 22.8 Å². The second-order valence-electron chi connectivity index (χ2n) is 8.93. The van der Waals surface area contributed by atoms with Crippen molar-refractivity contribution in [1.29, 1.82) is 0 Å². The maximum absolute atomic E-state index is 13.6. The summed E-state index contributed by atoms with van der Waals surface area (Å²) in [5, 5.41) is 12.3. The van der Waals surface area contributed by atoms with Crippen LogP contribution < -0.4 is 10.6 Å². The molecule has 5 rings (SSSR count). The van der Waals surface area contributed by atoms with Crippen LogP contribution in [-0.4, -0.2) is 38.4 Å². The Bertz CT molecular complexity index is 1670. The Morgan fingerprint density at radius 1 is 1.10 bits per heavy atom. The van der Waals surface area contributed by atoms with E-state index in [1.165, 1.54) is 18.3 Å². The highest BCUT2D eigenvalue weighted by Crippen LogP contribution is 2.36. The number of halogens is 5. The molecule has 40 heavy (non-hydrogen) atoms. The summed E-state index contributed by atoms with van der Waals surface area (Å²) in [5.41, 5.74) is -0.776. The number of nitrogens with zero attached hydrogens (tertiary/aromatic N) is 3. The van der Waals surface area contributed by atoms with Gasteiger partial charge in [-0.2, -0.15) is 18.3 Å². The van der Waals surface area contributed by atoms with Crippen LogP contribution in [0.5, 0.6) is 0 Å². The van der Waals surface area contributed by atoms with Crippen molar-refractivity contribution in [2.24, 2.45) is 0 Å². The van der Waals surface area contributed by atoms with Crippen molar-refractivity contribution in [2.45, 2.75) is 25.6 Å². The van der Waals surface area contributed by atoms with Crippen LogP contribution >= 0.6 is 35.0 Å². The molecule has 13 heteroatoms. The second kappa shape index (κ2) is 11.1. The molecule has 0 bridgehead atoms. The number of benzene rings is 2. The van der Waals surface area contributed by atoms with E-state index in [4.69, 9.17) is 23.2 Å². The van der Waals surface area contributed by atoms with Gasteiger partial charge in [0.2, 0.25) is 0 Å². The highest BCUT2D eigenvalue weighted by Gasteiger charge is 2.37. The number of alkyl halides is 3. The van der Waals surface area contributed by atoms with E-state index >= 15 is 0 Å². The largest absolute Gasteiger partial charge is 0.435 e. The molecule has 2 aromatic heterocycles. The summed E-state index contributed by atoms with van der Waals surface area (Å²) in [5.74, 6) is -0.764. The third-order valence-electron chi connectivity index (χ3n) is 6.29. The highest BCUT2D eigenvalue weighted by molar-refractivity contribution is 8.02. The lowest BCUT2D eigenvalue weighted by molar-refractivity contribution is -0.141. The van der Waals surface area contributed by atoms with Gasteiger partial charge in [-0.05, 0) is 47.9 Å². The average Bonchev–Trinajstić information content (AvgIpc) is 3.61. The van der Waals surface area contributed by atoms with Gasteiger partial charge >= 0.3 is 6.18 Å². The fourth-order valence-electron chi connectivity index (χ4n) is 4.25. The van der Waals surface area contributed by atoms with Gasteiger partial charge in [-0.15, -0.1) is 11.8 Å². The number of carbonyl (C=O) groups is 2. The van der Waals surface area contributed by atoms with E-state index in [1.807, 2.05) is 12.3 Å². The van der Waals surface area contributed by atoms with Gasteiger partial charge in [-0.1, -0.05) is 47.5 Å². The Balaban J connectivity index is 1.58. The van der Waals surface area contributed by atoms with Crippen LogP contribution in [0.3, 0.4) is 0 Å². The van der Waals surface area contributed by atoms with E-state index in [0.29, 0.717) is 21.5 Å². The summed E-state index contributed by atoms with van der Waals surface area (Å²) in [6.07, 6.45) is -2.72. The van der Waals surface area contributed by atoms with Crippen molar-refractivity contribution in [3.63, 3.8) is 0 Å². The molecule has 3 heterocycles. The molecule has 4 aromatic rings. The van der Waals surface area contributed by atoms with Gasteiger partial charge in [0.05, 0.1) is 21.3 Å². The zero-order valence-corrected chi connectivity index (χ0v) is 23.0. The second-order valence-corrected chi connectivity index (χ2v) is 10.7. The predicted octanol–water partition coefficient (Wildman–Crippen LogP) is 7.14. The van der Waals surface area contributed by atoms with Crippen LogP contribution in [-0.2, 0) is 6.18 Å². The maximum Gasteiger partial charge on any atom is 0.435 e. The molecule has 7 nitrogen and oxygen atoms in total. The molecule has 1 aliphatic heterocycles. The molecule has 206 valence electrons. The first-order valence-corrected chi connectivity index (χ1v) is 13.8. The molecular weight excluding hydrogens is 586 g/mol. The monoisotopic (exact) mass is 605 g/mol. The highest BCUT2D eigenvalue weighted by atomic mass is 35.5. The molecule has 0 radical (unpaired) electrons. The quantitative estimate of drug-likeness (QED) is 0.244. The van der Waals surface area contributed by atoms with Crippen molar-refractivity contribution in [1.82, 2.24) is 20.1 Å². The number of amides is 2. The number of hydrogen-bond acceptors (Lipinski definition) is 5. The Morgan fingerprint density at radius 2 is 1.88 bits per heavy atom. The number of thioether (sulfide) groups is 1. The third kappa shape index (κ3) is 5.54. The topological polar surface area (TPSA) is 88.9 Å². The summed E-state index contributed by atoms with van der Waals surface area (Å²) in [7, 11) is 0. The summed E-state index contributed by atoms with van der Waals surface area (Å²) < 4.78 is 41.5. The van der Waals surface area contributed by atoms with Gasteiger partial charge in [0.1, 0.15) is 5.69 Å². The Morgan fingerprint density at radius 3 is 2.58 bits per heavy atom. The lowest BCUT2D eigenvalue weighted by atomic mass is 10.0. The standard InChI is InChI=1S/C27H20Cl2F3N5O2S/c1-14(16-8-10-40-13-16)34-25(38)18-11-15-5-2-3-6-17(15)22(29)23(18)35-26(39)20-12-21(27(30,31)32)36-37(20)24-19(28)7-4-9-33-24/h2-7,9,11-14H,8,10H2,1H3,(H,34,38)(H,35,39). The summed E-state index contributed by atoms with van der Waals surface area (Å²) >= 11 is 14.5. The molecular formula is C27H20Cl2F3N5O2S. The Hall–Kier alpha value is -3.54. The number of pyridine rings is 1. The van der Waals surface area contributed by atoms with E-state index in [1.54, 1.807) is 42.1 Å². The summed E-state index contributed by atoms with van der Waals surface area (Å²) in [4.78, 5) is 31.0. The molecule has 1 unspecified atom stereocenters. The molecule has 1 atom stereocenters. The smallest absolute Gasteiger partial charge is 0.346 e. The van der Waals surface area contributed by atoms with E-state index in [2.05, 4.69) is 20.7 Å². The molecule has 0 fully saturated rings. The van der Waals surface area contributed by atoms with E-state index in [0.717, 1.165) is 17.7 Å². The third-order valence-corrected chi connectivity index (χ3v) is 7.89. The van der Waals surface area contributed by atoms with Crippen molar-refractivity contribution in [3.8, 4) is 5.82 Å². The van der Waals surface area contributed by atoms with Gasteiger partial charge in [-0.3, -0.25) is 9.59 Å². The SMILES string of the molecule is CC(NC(=O)c1cc2ccccc2c(Cl)c1NC(=O)c1cc(C(F)(F)F)nn1-c1ncccc1Cl)C1=CSCC1. The average molecular weight is 606 g/mol. The van der Waals surface area contributed by atoms with Gasteiger partial charge in [0.15, 0.2) is 11.5 Å². The first kappa shape index (κ1) is 28.0. The zero-order valence-electron chi connectivity index (χ0n) is 20.7. The minimum Gasteiger partial charge on any atom is -0.346 e. The van der Waals surface area contributed by atoms with E-state index in [9.17, 15) is 22.8 Å². The van der Waals surface area contributed by atoms with Crippen LogP contribution in [0.2, 0.25) is 10.0 Å². The van der Waals surface area contributed by atoms with E-state index < -0.39 is 29.4 Å². The molecule has 2 amide bonds. The fourth-order valence-corrected chi connectivity index (χ4v) is 5.78. The first-order chi connectivity index (χ1) is 19.0. The molecule has 0 saturated heterocycles. The van der Waals surface area contributed by atoms with Crippen molar-refractivity contribution in [2.75, 3.05) is 11.1 Å². The molecule has 0 aliphatic carbocycles. The molecule has 2 N–H and O–H groups in total. The van der Waals surface area contributed by atoms with Gasteiger partial charge in [0, 0.05) is 29.4 Å². The molecule has 0 spiro atoms. The number of carbonyl (C=O) groups excluding carboxylic acids is 2. The molecule has 2 aromatic carbocycles. The lowest BCUT2D eigenvalue weighted by Gasteiger charge is -2.19. The van der Waals surface area contributed by atoms with Gasteiger partial charge < -0.3 is 10.6 Å². The Kier molecular flexibility index (Phi) is 7.80. The minimum absolute atomic E-state index is 0.0226. The normalized spacial score (nSPS) is 14.2.